The molecule has 8 nitrogen and oxygen atoms in total. The Kier molecular flexibility index (Phi) is 7.38. The van der Waals surface area contributed by atoms with Gasteiger partial charge in [0, 0.05) is 31.0 Å². The minimum Gasteiger partial charge on any atom is -0.507 e. The second-order valence-corrected chi connectivity index (χ2v) is 8.65. The largest absolute Gasteiger partial charge is 0.507 e. The molecule has 0 aromatic heterocycles. The number of nitrogens with zero attached hydrogens (tertiary/aromatic N) is 2. The molecule has 37 heavy (non-hydrogen) atoms. The number of ether oxygens (including phenoxy) is 3. The van der Waals surface area contributed by atoms with Gasteiger partial charge < -0.3 is 24.2 Å². The summed E-state index contributed by atoms with van der Waals surface area (Å²) in [5, 5.41) is 11.4. The molecule has 1 saturated heterocycles. The van der Waals surface area contributed by atoms with Gasteiger partial charge in [0.05, 0.1) is 32.4 Å². The molecule has 1 N–H and O–H groups in total. The normalized spacial score (nSPS) is 16.6. The Morgan fingerprint density at radius 1 is 0.919 bits per heavy atom. The van der Waals surface area contributed by atoms with E-state index < -0.39 is 17.7 Å². The summed E-state index contributed by atoms with van der Waals surface area (Å²) < 4.78 is 16.2. The quantitative estimate of drug-likeness (QED) is 0.269. The third-order valence-electron chi connectivity index (χ3n) is 6.25. The van der Waals surface area contributed by atoms with Crippen LogP contribution >= 0.6 is 0 Å². The van der Waals surface area contributed by atoms with Crippen LogP contribution in [-0.2, 0) is 9.59 Å². The minimum atomic E-state index is -0.845. The predicted molar refractivity (Wildman–Crippen MR) is 143 cm³/mol. The van der Waals surface area contributed by atoms with Crippen LogP contribution in [0.2, 0.25) is 0 Å². The van der Waals surface area contributed by atoms with Crippen LogP contribution in [0.25, 0.3) is 5.76 Å². The fourth-order valence-corrected chi connectivity index (χ4v) is 4.38. The lowest BCUT2D eigenvalue weighted by atomic mass is 9.94. The van der Waals surface area contributed by atoms with Gasteiger partial charge in [-0.05, 0) is 67.1 Å². The number of amides is 1. The first-order valence-corrected chi connectivity index (χ1v) is 11.8. The highest BCUT2D eigenvalue weighted by molar-refractivity contribution is 6.51. The molecule has 8 heteroatoms. The summed E-state index contributed by atoms with van der Waals surface area (Å²) in [5.41, 5.74) is 2.47. The predicted octanol–water partition coefficient (Wildman–Crippen LogP) is 4.79. The lowest BCUT2D eigenvalue weighted by Gasteiger charge is -2.26. The van der Waals surface area contributed by atoms with Crippen LogP contribution in [0.15, 0.2) is 72.3 Å². The summed E-state index contributed by atoms with van der Waals surface area (Å²) in [7, 11) is 6.85. The Morgan fingerprint density at radius 3 is 2.14 bits per heavy atom. The van der Waals surface area contributed by atoms with Crippen LogP contribution in [-0.4, -0.2) is 51.7 Å². The van der Waals surface area contributed by atoms with Crippen molar-refractivity contribution in [3.05, 3.63) is 83.4 Å². The van der Waals surface area contributed by atoms with Crippen molar-refractivity contribution in [1.29, 1.82) is 0 Å². The van der Waals surface area contributed by atoms with E-state index >= 15 is 0 Å². The van der Waals surface area contributed by atoms with E-state index in [2.05, 4.69) is 0 Å². The van der Waals surface area contributed by atoms with E-state index in [1.807, 2.05) is 50.2 Å². The Bertz CT molecular complexity index is 1330. The molecule has 1 aliphatic rings. The first kappa shape index (κ1) is 25.6. The molecule has 1 aliphatic heterocycles. The maximum absolute atomic E-state index is 13.4. The van der Waals surface area contributed by atoms with E-state index in [0.29, 0.717) is 40.7 Å². The molecule has 1 heterocycles. The third kappa shape index (κ3) is 4.82. The van der Waals surface area contributed by atoms with Crippen molar-refractivity contribution in [3.63, 3.8) is 0 Å². The van der Waals surface area contributed by atoms with E-state index in [4.69, 9.17) is 14.2 Å². The maximum Gasteiger partial charge on any atom is 0.300 e. The molecule has 1 unspecified atom stereocenters. The van der Waals surface area contributed by atoms with Gasteiger partial charge in [-0.2, -0.15) is 0 Å². The average Bonchev–Trinajstić information content (AvgIpc) is 3.18. The first-order valence-electron chi connectivity index (χ1n) is 11.8. The monoisotopic (exact) mass is 502 g/mol. The van der Waals surface area contributed by atoms with Crippen LogP contribution in [0.4, 0.5) is 11.4 Å². The lowest BCUT2D eigenvalue weighted by Crippen LogP contribution is -2.29. The molecule has 192 valence electrons. The van der Waals surface area contributed by atoms with E-state index in [9.17, 15) is 14.7 Å². The molecule has 1 atom stereocenters. The Balaban J connectivity index is 1.89. The summed E-state index contributed by atoms with van der Waals surface area (Å²) in [6.07, 6.45) is 0. The molecular weight excluding hydrogens is 472 g/mol. The van der Waals surface area contributed by atoms with Crippen molar-refractivity contribution in [2.45, 2.75) is 13.0 Å². The topological polar surface area (TPSA) is 88.5 Å². The number of aliphatic hydroxyl groups is 1. The number of methoxy groups -OCH3 is 2. The number of hydrogen-bond acceptors (Lipinski definition) is 7. The van der Waals surface area contributed by atoms with Crippen molar-refractivity contribution in [1.82, 2.24) is 0 Å². The van der Waals surface area contributed by atoms with E-state index in [1.54, 1.807) is 42.5 Å². The van der Waals surface area contributed by atoms with Crippen molar-refractivity contribution >= 4 is 28.8 Å². The van der Waals surface area contributed by atoms with Crippen LogP contribution in [0, 0.1) is 0 Å². The van der Waals surface area contributed by atoms with Crippen LogP contribution in [0.5, 0.6) is 17.2 Å². The maximum atomic E-state index is 13.4. The van der Waals surface area contributed by atoms with E-state index in [-0.39, 0.29) is 11.3 Å². The molecule has 0 aliphatic carbocycles. The van der Waals surface area contributed by atoms with Gasteiger partial charge in [-0.1, -0.05) is 12.1 Å². The smallest absolute Gasteiger partial charge is 0.300 e. The number of rotatable bonds is 8. The molecule has 0 radical (unpaired) electrons. The number of carbonyl (C=O) groups is 2. The van der Waals surface area contributed by atoms with Crippen LogP contribution < -0.4 is 24.0 Å². The summed E-state index contributed by atoms with van der Waals surface area (Å²) >= 11 is 0. The second kappa shape index (κ2) is 10.7. The molecule has 1 amide bonds. The number of Topliss-reactive ketones (excluding diaryl/α,β-unsaturated/α-hetero) is 1. The molecule has 0 bridgehead atoms. The lowest BCUT2D eigenvalue weighted by molar-refractivity contribution is -0.132. The molecule has 3 aromatic carbocycles. The third-order valence-corrected chi connectivity index (χ3v) is 6.25. The number of aliphatic hydroxyl groups excluding tert-OH is 1. The zero-order valence-corrected chi connectivity index (χ0v) is 21.5. The van der Waals surface area contributed by atoms with E-state index in [1.165, 1.54) is 19.1 Å². The summed E-state index contributed by atoms with van der Waals surface area (Å²) in [6.45, 7) is 2.39. The van der Waals surface area contributed by atoms with Crippen molar-refractivity contribution < 1.29 is 28.9 Å². The van der Waals surface area contributed by atoms with Crippen molar-refractivity contribution in [2.75, 3.05) is 44.7 Å². The minimum absolute atomic E-state index is 0.0105. The Morgan fingerprint density at radius 2 is 1.57 bits per heavy atom. The molecular formula is C29H30N2O6. The zero-order valence-electron chi connectivity index (χ0n) is 21.5. The van der Waals surface area contributed by atoms with Gasteiger partial charge in [-0.3, -0.25) is 14.5 Å². The van der Waals surface area contributed by atoms with E-state index in [0.717, 1.165) is 5.69 Å². The van der Waals surface area contributed by atoms with Crippen molar-refractivity contribution in [3.8, 4) is 17.2 Å². The highest BCUT2D eigenvalue weighted by Crippen LogP contribution is 2.43. The molecule has 1 fully saturated rings. The summed E-state index contributed by atoms with van der Waals surface area (Å²) in [6, 6.07) is 18.5. The standard InChI is InChI=1S/C29H30N2O6/c1-6-37-22-14-12-21(13-15-22)31-26(18-7-10-20(11-8-18)30(2)3)25(28(33)29(31)34)27(32)19-9-16-23(35-4)24(17-19)36-5/h7-17,26,32H,6H2,1-5H3/b27-25-. The van der Waals surface area contributed by atoms with Crippen LogP contribution in [0.3, 0.4) is 0 Å². The average molecular weight is 503 g/mol. The number of ketones is 1. The number of anilines is 2. The molecule has 3 aromatic rings. The van der Waals surface area contributed by atoms with Crippen LogP contribution in [0.1, 0.15) is 24.1 Å². The molecule has 4 rings (SSSR count). The van der Waals surface area contributed by atoms with Gasteiger partial charge in [0.25, 0.3) is 11.7 Å². The fourth-order valence-electron chi connectivity index (χ4n) is 4.38. The highest BCUT2D eigenvalue weighted by Gasteiger charge is 2.47. The fraction of sp³-hybridized carbons (Fsp3) is 0.241. The Hall–Kier alpha value is -4.46. The van der Waals surface area contributed by atoms with Crippen molar-refractivity contribution in [2.24, 2.45) is 0 Å². The molecule has 0 saturated carbocycles. The summed E-state index contributed by atoms with van der Waals surface area (Å²) in [4.78, 5) is 30.2. The number of hydrogen-bond donors (Lipinski definition) is 1. The zero-order chi connectivity index (χ0) is 26.7. The van der Waals surface area contributed by atoms with Gasteiger partial charge in [0.2, 0.25) is 0 Å². The van der Waals surface area contributed by atoms with Gasteiger partial charge in [-0.25, -0.2) is 0 Å². The Labute approximate surface area is 216 Å². The van der Waals surface area contributed by atoms with Gasteiger partial charge in [0.1, 0.15) is 11.5 Å². The number of benzene rings is 3. The van der Waals surface area contributed by atoms with Gasteiger partial charge >= 0.3 is 0 Å². The van der Waals surface area contributed by atoms with Gasteiger partial charge in [0.15, 0.2) is 11.5 Å². The number of carbonyl (C=O) groups excluding carboxylic acids is 2. The second-order valence-electron chi connectivity index (χ2n) is 8.65. The highest BCUT2D eigenvalue weighted by atomic mass is 16.5. The SMILES string of the molecule is CCOc1ccc(N2C(=O)C(=O)/C(=C(\O)c3ccc(OC)c(OC)c3)C2c2ccc(N(C)C)cc2)cc1. The summed E-state index contributed by atoms with van der Waals surface area (Å²) in [5.74, 6) is -0.283. The molecule has 0 spiro atoms. The first-order chi connectivity index (χ1) is 17.8. The van der Waals surface area contributed by atoms with Gasteiger partial charge in [-0.15, -0.1) is 0 Å².